The Morgan fingerprint density at radius 1 is 1.43 bits per heavy atom. The third-order valence-electron chi connectivity index (χ3n) is 3.76. The lowest BCUT2D eigenvalue weighted by molar-refractivity contribution is 0.00338. The summed E-state index contributed by atoms with van der Waals surface area (Å²) in [5, 5.41) is 8.88. The molecule has 0 atom stereocenters. The SMILES string of the molecule is CC(C)(C)OC(=O)N1CCC(F)(Cc2cncc(C#N)c2)CC1. The summed E-state index contributed by atoms with van der Waals surface area (Å²) in [5.74, 6) is 0. The van der Waals surface area contributed by atoms with Gasteiger partial charge in [-0.05, 0) is 45.2 Å². The van der Waals surface area contributed by atoms with Crippen molar-refractivity contribution in [2.75, 3.05) is 13.1 Å². The van der Waals surface area contributed by atoms with Gasteiger partial charge in [0, 0.05) is 31.9 Å². The van der Waals surface area contributed by atoms with Crippen LogP contribution in [0.15, 0.2) is 18.5 Å². The summed E-state index contributed by atoms with van der Waals surface area (Å²) >= 11 is 0. The molecule has 23 heavy (non-hydrogen) atoms. The number of rotatable bonds is 2. The van der Waals surface area contributed by atoms with Gasteiger partial charge in [-0.25, -0.2) is 9.18 Å². The number of alkyl halides is 1. The van der Waals surface area contributed by atoms with E-state index in [0.29, 0.717) is 24.2 Å². The molecule has 1 fully saturated rings. The molecule has 1 aliphatic heterocycles. The van der Waals surface area contributed by atoms with Crippen LogP contribution < -0.4 is 0 Å². The molecule has 124 valence electrons. The second-order valence-corrected chi connectivity index (χ2v) is 6.99. The Labute approximate surface area is 136 Å². The fraction of sp³-hybridized carbons (Fsp3) is 0.588. The van der Waals surface area contributed by atoms with Crippen molar-refractivity contribution in [3.8, 4) is 6.07 Å². The van der Waals surface area contributed by atoms with Gasteiger partial charge in [0.15, 0.2) is 0 Å². The van der Waals surface area contributed by atoms with Gasteiger partial charge < -0.3 is 9.64 Å². The van der Waals surface area contributed by atoms with E-state index in [1.807, 2.05) is 26.8 Å². The molecule has 2 heterocycles. The van der Waals surface area contributed by atoms with E-state index in [-0.39, 0.29) is 19.3 Å². The summed E-state index contributed by atoms with van der Waals surface area (Å²) in [7, 11) is 0. The van der Waals surface area contributed by atoms with Gasteiger partial charge in [0.25, 0.3) is 0 Å². The van der Waals surface area contributed by atoms with Crippen molar-refractivity contribution in [2.45, 2.75) is 51.3 Å². The summed E-state index contributed by atoms with van der Waals surface area (Å²) < 4.78 is 20.3. The zero-order valence-corrected chi connectivity index (χ0v) is 13.8. The second-order valence-electron chi connectivity index (χ2n) is 6.99. The van der Waals surface area contributed by atoms with Crippen LogP contribution in [0.25, 0.3) is 0 Å². The molecule has 1 saturated heterocycles. The number of pyridine rings is 1. The van der Waals surface area contributed by atoms with Crippen LogP contribution in [0.2, 0.25) is 0 Å². The van der Waals surface area contributed by atoms with Gasteiger partial charge in [-0.15, -0.1) is 0 Å². The highest BCUT2D eigenvalue weighted by Crippen LogP contribution is 2.31. The summed E-state index contributed by atoms with van der Waals surface area (Å²) in [6, 6.07) is 3.67. The van der Waals surface area contributed by atoms with E-state index in [0.717, 1.165) is 0 Å². The van der Waals surface area contributed by atoms with E-state index in [1.165, 1.54) is 6.20 Å². The van der Waals surface area contributed by atoms with Gasteiger partial charge in [0.1, 0.15) is 17.3 Å². The number of likely N-dealkylation sites (tertiary alicyclic amines) is 1. The highest BCUT2D eigenvalue weighted by molar-refractivity contribution is 5.68. The summed E-state index contributed by atoms with van der Waals surface area (Å²) in [5.41, 5.74) is -0.798. The highest BCUT2D eigenvalue weighted by Gasteiger charge is 2.37. The summed E-state index contributed by atoms with van der Waals surface area (Å²) in [6.07, 6.45) is 3.36. The van der Waals surface area contributed by atoms with Gasteiger partial charge in [-0.3, -0.25) is 4.98 Å². The minimum absolute atomic E-state index is 0.206. The molecule has 0 saturated carbocycles. The van der Waals surface area contributed by atoms with E-state index in [2.05, 4.69) is 4.98 Å². The number of nitriles is 1. The minimum atomic E-state index is -1.38. The van der Waals surface area contributed by atoms with E-state index in [9.17, 15) is 9.18 Å². The number of halogens is 1. The Kier molecular flexibility index (Phi) is 4.88. The number of hydrogen-bond donors (Lipinski definition) is 0. The molecule has 0 aliphatic carbocycles. The number of amides is 1. The third kappa shape index (κ3) is 4.92. The van der Waals surface area contributed by atoms with Crippen LogP contribution in [-0.2, 0) is 11.2 Å². The first-order valence-electron chi connectivity index (χ1n) is 7.72. The smallest absolute Gasteiger partial charge is 0.410 e. The van der Waals surface area contributed by atoms with Gasteiger partial charge in [-0.2, -0.15) is 5.26 Å². The molecule has 1 aromatic rings. The molecule has 6 heteroatoms. The first-order chi connectivity index (χ1) is 10.7. The molecule has 1 aromatic heterocycles. The average Bonchev–Trinajstić information content (AvgIpc) is 2.46. The molecule has 2 rings (SSSR count). The van der Waals surface area contributed by atoms with Gasteiger partial charge in [0.2, 0.25) is 0 Å². The standard InChI is InChI=1S/C17H22FN3O2/c1-16(2,3)23-15(22)21-6-4-17(18,5-7-21)9-13-8-14(10-19)12-20-11-13/h8,11-12H,4-7,9H2,1-3H3. The number of carbonyl (C=O) groups excluding carboxylic acids is 1. The molecule has 1 aliphatic rings. The number of piperidine rings is 1. The van der Waals surface area contributed by atoms with E-state index in [1.54, 1.807) is 17.2 Å². The van der Waals surface area contributed by atoms with Crippen molar-refractivity contribution < 1.29 is 13.9 Å². The fourth-order valence-electron chi connectivity index (χ4n) is 2.60. The van der Waals surface area contributed by atoms with Crippen molar-refractivity contribution in [2.24, 2.45) is 0 Å². The highest BCUT2D eigenvalue weighted by atomic mass is 19.1. The Morgan fingerprint density at radius 3 is 2.65 bits per heavy atom. The predicted molar refractivity (Wildman–Crippen MR) is 83.5 cm³/mol. The van der Waals surface area contributed by atoms with Crippen molar-refractivity contribution in [3.05, 3.63) is 29.6 Å². The second kappa shape index (κ2) is 6.53. The maximum atomic E-state index is 15.0. The monoisotopic (exact) mass is 319 g/mol. The number of aromatic nitrogens is 1. The van der Waals surface area contributed by atoms with Crippen LogP contribution in [0.4, 0.5) is 9.18 Å². The topological polar surface area (TPSA) is 66.2 Å². The molecule has 1 amide bonds. The van der Waals surface area contributed by atoms with Crippen LogP contribution in [-0.4, -0.2) is 40.3 Å². The van der Waals surface area contributed by atoms with E-state index >= 15 is 0 Å². The van der Waals surface area contributed by atoms with Gasteiger partial charge >= 0.3 is 6.09 Å². The van der Waals surface area contributed by atoms with Crippen LogP contribution in [0, 0.1) is 11.3 Å². The number of ether oxygens (including phenoxy) is 1. The molecular formula is C17H22FN3O2. The predicted octanol–water partition coefficient (Wildman–Crippen LogP) is 3.23. The zero-order chi connectivity index (χ0) is 17.1. The molecule has 0 aromatic carbocycles. The zero-order valence-electron chi connectivity index (χ0n) is 13.8. The third-order valence-corrected chi connectivity index (χ3v) is 3.76. The molecular weight excluding hydrogens is 297 g/mol. The lowest BCUT2D eigenvalue weighted by Crippen LogP contribution is -2.47. The Hall–Kier alpha value is -2.16. The Bertz CT molecular complexity index is 611. The summed E-state index contributed by atoms with van der Waals surface area (Å²) in [4.78, 5) is 17.5. The van der Waals surface area contributed by atoms with Crippen LogP contribution in [0.5, 0.6) is 0 Å². The van der Waals surface area contributed by atoms with Crippen molar-refractivity contribution >= 4 is 6.09 Å². The minimum Gasteiger partial charge on any atom is -0.444 e. The van der Waals surface area contributed by atoms with Crippen LogP contribution >= 0.6 is 0 Å². The maximum Gasteiger partial charge on any atom is 0.410 e. The van der Waals surface area contributed by atoms with E-state index in [4.69, 9.17) is 10.00 Å². The summed E-state index contributed by atoms with van der Waals surface area (Å²) in [6.45, 7) is 6.09. The molecule has 0 spiro atoms. The largest absolute Gasteiger partial charge is 0.444 e. The van der Waals surface area contributed by atoms with Crippen molar-refractivity contribution in [1.29, 1.82) is 5.26 Å². The molecule has 0 N–H and O–H groups in total. The van der Waals surface area contributed by atoms with Crippen LogP contribution in [0.1, 0.15) is 44.7 Å². The number of carbonyl (C=O) groups is 1. The Morgan fingerprint density at radius 2 is 2.09 bits per heavy atom. The molecule has 0 bridgehead atoms. The fourth-order valence-corrected chi connectivity index (χ4v) is 2.60. The average molecular weight is 319 g/mol. The lowest BCUT2D eigenvalue weighted by atomic mass is 9.87. The first kappa shape index (κ1) is 17.2. The maximum absolute atomic E-state index is 15.0. The normalized spacial score (nSPS) is 17.4. The Balaban J connectivity index is 1.94. The van der Waals surface area contributed by atoms with Crippen LogP contribution in [0.3, 0.4) is 0 Å². The van der Waals surface area contributed by atoms with E-state index < -0.39 is 17.4 Å². The quantitative estimate of drug-likeness (QED) is 0.839. The number of nitrogens with zero attached hydrogens (tertiary/aromatic N) is 3. The molecule has 0 unspecified atom stereocenters. The molecule has 5 nitrogen and oxygen atoms in total. The van der Waals surface area contributed by atoms with Gasteiger partial charge in [0.05, 0.1) is 5.56 Å². The van der Waals surface area contributed by atoms with Gasteiger partial charge in [-0.1, -0.05) is 0 Å². The van der Waals surface area contributed by atoms with Crippen molar-refractivity contribution in [1.82, 2.24) is 9.88 Å². The lowest BCUT2D eigenvalue weighted by Gasteiger charge is -2.37. The molecule has 0 radical (unpaired) electrons. The van der Waals surface area contributed by atoms with Crippen molar-refractivity contribution in [3.63, 3.8) is 0 Å². The number of hydrogen-bond acceptors (Lipinski definition) is 4. The first-order valence-corrected chi connectivity index (χ1v) is 7.72.